The van der Waals surface area contributed by atoms with Crippen LogP contribution in [-0.2, 0) is 12.8 Å². The van der Waals surface area contributed by atoms with Gasteiger partial charge in [-0.2, -0.15) is 0 Å². The van der Waals surface area contributed by atoms with Crippen LogP contribution in [-0.4, -0.2) is 6.54 Å². The van der Waals surface area contributed by atoms with Gasteiger partial charge in [0.15, 0.2) is 0 Å². The first-order valence-corrected chi connectivity index (χ1v) is 7.18. The molecule has 1 heterocycles. The lowest BCUT2D eigenvalue weighted by Gasteiger charge is -2.22. The number of aryl methyl sites for hydroxylation is 2. The zero-order valence-corrected chi connectivity index (χ0v) is 11.5. The second-order valence-corrected chi connectivity index (χ2v) is 5.44. The van der Waals surface area contributed by atoms with E-state index in [1.807, 2.05) is 6.26 Å². The molecule has 1 aliphatic rings. The van der Waals surface area contributed by atoms with E-state index in [0.29, 0.717) is 6.04 Å². The molecule has 1 aromatic carbocycles. The summed E-state index contributed by atoms with van der Waals surface area (Å²) in [4.78, 5) is 0. The van der Waals surface area contributed by atoms with Gasteiger partial charge in [0.1, 0.15) is 5.76 Å². The SMILES string of the molecule is Cc1cccc(CCNC2CCCc3occc32)c1. The van der Waals surface area contributed by atoms with Crippen LogP contribution < -0.4 is 5.32 Å². The van der Waals surface area contributed by atoms with Crippen LogP contribution in [0.1, 0.15) is 41.3 Å². The van der Waals surface area contributed by atoms with Crippen molar-refractivity contribution in [3.05, 3.63) is 59.0 Å². The molecule has 1 aliphatic carbocycles. The number of fused-ring (bicyclic) bond motifs is 1. The molecule has 0 saturated heterocycles. The van der Waals surface area contributed by atoms with E-state index in [-0.39, 0.29) is 0 Å². The Morgan fingerprint density at radius 2 is 2.26 bits per heavy atom. The van der Waals surface area contributed by atoms with Crippen LogP contribution in [0.25, 0.3) is 0 Å². The molecule has 2 nitrogen and oxygen atoms in total. The fourth-order valence-electron chi connectivity index (χ4n) is 2.96. The molecule has 0 saturated carbocycles. The number of benzene rings is 1. The van der Waals surface area contributed by atoms with Gasteiger partial charge in [-0.1, -0.05) is 29.8 Å². The average molecular weight is 255 g/mol. The molecule has 2 heteroatoms. The van der Waals surface area contributed by atoms with Crippen molar-refractivity contribution < 1.29 is 4.42 Å². The summed E-state index contributed by atoms with van der Waals surface area (Å²) in [5.41, 5.74) is 4.12. The predicted molar refractivity (Wildman–Crippen MR) is 77.3 cm³/mol. The summed E-state index contributed by atoms with van der Waals surface area (Å²) in [7, 11) is 0. The van der Waals surface area contributed by atoms with Crippen molar-refractivity contribution in [1.29, 1.82) is 0 Å². The third-order valence-corrected chi connectivity index (χ3v) is 3.94. The normalized spacial score (nSPS) is 18.3. The van der Waals surface area contributed by atoms with Crippen LogP contribution in [0.15, 0.2) is 41.0 Å². The molecule has 0 spiro atoms. The van der Waals surface area contributed by atoms with Crippen LogP contribution in [0.5, 0.6) is 0 Å². The van der Waals surface area contributed by atoms with Crippen molar-refractivity contribution in [1.82, 2.24) is 5.32 Å². The van der Waals surface area contributed by atoms with Gasteiger partial charge in [-0.05, 0) is 44.4 Å². The van der Waals surface area contributed by atoms with Gasteiger partial charge in [0.25, 0.3) is 0 Å². The molecule has 0 radical (unpaired) electrons. The number of nitrogens with one attached hydrogen (secondary N) is 1. The lowest BCUT2D eigenvalue weighted by atomic mass is 9.93. The van der Waals surface area contributed by atoms with Gasteiger partial charge in [-0.15, -0.1) is 0 Å². The van der Waals surface area contributed by atoms with Crippen LogP contribution in [0.2, 0.25) is 0 Å². The zero-order valence-electron chi connectivity index (χ0n) is 11.5. The number of rotatable bonds is 4. The summed E-state index contributed by atoms with van der Waals surface area (Å²) in [6.07, 6.45) is 6.46. The fraction of sp³-hybridized carbons (Fsp3) is 0.412. The highest BCUT2D eigenvalue weighted by Crippen LogP contribution is 2.30. The van der Waals surface area contributed by atoms with Gasteiger partial charge < -0.3 is 9.73 Å². The van der Waals surface area contributed by atoms with Crippen molar-refractivity contribution in [2.75, 3.05) is 6.54 Å². The highest BCUT2D eigenvalue weighted by Gasteiger charge is 2.21. The maximum absolute atomic E-state index is 5.53. The first kappa shape index (κ1) is 12.5. The van der Waals surface area contributed by atoms with Crippen LogP contribution in [0.3, 0.4) is 0 Å². The van der Waals surface area contributed by atoms with E-state index in [4.69, 9.17) is 4.42 Å². The van der Waals surface area contributed by atoms with E-state index in [1.165, 1.54) is 35.3 Å². The molecule has 0 bridgehead atoms. The Morgan fingerprint density at radius 3 is 3.16 bits per heavy atom. The van der Waals surface area contributed by atoms with Gasteiger partial charge in [0, 0.05) is 18.0 Å². The maximum atomic E-state index is 5.53. The molecule has 0 aliphatic heterocycles. The summed E-state index contributed by atoms with van der Waals surface area (Å²) in [6, 6.07) is 11.4. The van der Waals surface area contributed by atoms with E-state index in [2.05, 4.69) is 42.6 Å². The summed E-state index contributed by atoms with van der Waals surface area (Å²) < 4.78 is 5.53. The predicted octanol–water partition coefficient (Wildman–Crippen LogP) is 3.80. The van der Waals surface area contributed by atoms with E-state index in [1.54, 1.807) is 0 Å². The Morgan fingerprint density at radius 1 is 1.32 bits per heavy atom. The maximum Gasteiger partial charge on any atom is 0.108 e. The molecule has 1 unspecified atom stereocenters. The van der Waals surface area contributed by atoms with Crippen molar-refractivity contribution >= 4 is 0 Å². The molecule has 3 rings (SSSR count). The zero-order chi connectivity index (χ0) is 13.1. The second kappa shape index (κ2) is 5.62. The van der Waals surface area contributed by atoms with Gasteiger partial charge in [-0.3, -0.25) is 0 Å². The Labute approximate surface area is 114 Å². The van der Waals surface area contributed by atoms with Crippen LogP contribution in [0, 0.1) is 6.92 Å². The second-order valence-electron chi connectivity index (χ2n) is 5.44. The van der Waals surface area contributed by atoms with Crippen LogP contribution in [0.4, 0.5) is 0 Å². The summed E-state index contributed by atoms with van der Waals surface area (Å²) in [5.74, 6) is 1.18. The number of hydrogen-bond acceptors (Lipinski definition) is 2. The Bertz CT molecular complexity index is 544. The van der Waals surface area contributed by atoms with Gasteiger partial charge in [-0.25, -0.2) is 0 Å². The lowest BCUT2D eigenvalue weighted by molar-refractivity contribution is 0.413. The Balaban J connectivity index is 1.57. The van der Waals surface area contributed by atoms with E-state index >= 15 is 0 Å². The molecule has 1 aromatic heterocycles. The summed E-state index contributed by atoms with van der Waals surface area (Å²) in [6.45, 7) is 3.18. The quantitative estimate of drug-likeness (QED) is 0.899. The Hall–Kier alpha value is -1.54. The minimum Gasteiger partial charge on any atom is -0.469 e. The highest BCUT2D eigenvalue weighted by atomic mass is 16.3. The molecule has 0 fully saturated rings. The van der Waals surface area contributed by atoms with E-state index < -0.39 is 0 Å². The average Bonchev–Trinajstić information content (AvgIpc) is 2.88. The summed E-state index contributed by atoms with van der Waals surface area (Å²) in [5, 5.41) is 3.67. The largest absolute Gasteiger partial charge is 0.469 e. The third kappa shape index (κ3) is 2.90. The molecule has 2 aromatic rings. The minimum atomic E-state index is 0.479. The topological polar surface area (TPSA) is 25.2 Å². The lowest BCUT2D eigenvalue weighted by Crippen LogP contribution is -2.26. The molecule has 19 heavy (non-hydrogen) atoms. The van der Waals surface area contributed by atoms with E-state index in [0.717, 1.165) is 19.4 Å². The smallest absolute Gasteiger partial charge is 0.108 e. The van der Waals surface area contributed by atoms with Gasteiger partial charge in [0.2, 0.25) is 0 Å². The number of furan rings is 1. The first-order valence-electron chi connectivity index (χ1n) is 7.18. The molecular formula is C17H21NO. The van der Waals surface area contributed by atoms with Crippen molar-refractivity contribution in [2.45, 2.75) is 38.6 Å². The number of hydrogen-bond donors (Lipinski definition) is 1. The van der Waals surface area contributed by atoms with E-state index in [9.17, 15) is 0 Å². The van der Waals surface area contributed by atoms with Crippen molar-refractivity contribution in [3.63, 3.8) is 0 Å². The Kier molecular flexibility index (Phi) is 3.69. The first-order chi connectivity index (χ1) is 9.33. The monoisotopic (exact) mass is 255 g/mol. The molecule has 100 valence electrons. The fourth-order valence-corrected chi connectivity index (χ4v) is 2.96. The molecule has 1 N–H and O–H groups in total. The molecule has 1 atom stereocenters. The van der Waals surface area contributed by atoms with Crippen molar-refractivity contribution in [3.8, 4) is 0 Å². The highest BCUT2D eigenvalue weighted by molar-refractivity contribution is 5.25. The summed E-state index contributed by atoms with van der Waals surface area (Å²) >= 11 is 0. The van der Waals surface area contributed by atoms with Crippen LogP contribution >= 0.6 is 0 Å². The third-order valence-electron chi connectivity index (χ3n) is 3.94. The standard InChI is InChI=1S/C17H21NO/c1-13-4-2-5-14(12-13)8-10-18-16-6-3-7-17-15(16)9-11-19-17/h2,4-5,9,11-12,16,18H,3,6-8,10H2,1H3. The molecular weight excluding hydrogens is 234 g/mol. The minimum absolute atomic E-state index is 0.479. The van der Waals surface area contributed by atoms with Gasteiger partial charge in [0.05, 0.1) is 6.26 Å². The van der Waals surface area contributed by atoms with Gasteiger partial charge >= 0.3 is 0 Å². The van der Waals surface area contributed by atoms with Crippen molar-refractivity contribution in [2.24, 2.45) is 0 Å². The molecule has 0 amide bonds.